The second-order valence-corrected chi connectivity index (χ2v) is 5.22. The number of ether oxygens (including phenoxy) is 2. The molecule has 0 aliphatic carbocycles. The fourth-order valence-corrected chi connectivity index (χ4v) is 2.34. The Labute approximate surface area is 114 Å². The van der Waals surface area contributed by atoms with E-state index in [4.69, 9.17) is 9.47 Å². The summed E-state index contributed by atoms with van der Waals surface area (Å²) in [7, 11) is 1.69. The standard InChI is InChI=1S/C15H23NO3/c1-10(17)4-5-16-9-13-8-15-12(6-11(2)19-15)7-14(13)18-3/h7-8,10-11,16-17H,4-6,9H2,1-3H3. The third-order valence-electron chi connectivity index (χ3n) is 3.35. The van der Waals surface area contributed by atoms with Crippen molar-refractivity contribution in [3.63, 3.8) is 0 Å². The first kappa shape index (κ1) is 14.2. The number of rotatable bonds is 6. The Morgan fingerprint density at radius 2 is 2.32 bits per heavy atom. The first-order chi connectivity index (χ1) is 9.10. The van der Waals surface area contributed by atoms with Crippen molar-refractivity contribution in [2.75, 3.05) is 13.7 Å². The molecule has 0 amide bonds. The Balaban J connectivity index is 2.01. The van der Waals surface area contributed by atoms with Crippen molar-refractivity contribution in [2.24, 2.45) is 0 Å². The molecule has 19 heavy (non-hydrogen) atoms. The van der Waals surface area contributed by atoms with Crippen molar-refractivity contribution in [3.05, 3.63) is 23.3 Å². The third-order valence-corrected chi connectivity index (χ3v) is 3.35. The minimum absolute atomic E-state index is 0.248. The van der Waals surface area contributed by atoms with E-state index in [0.29, 0.717) is 0 Å². The van der Waals surface area contributed by atoms with Crippen LogP contribution in [0, 0.1) is 0 Å². The van der Waals surface area contributed by atoms with E-state index in [0.717, 1.165) is 43.0 Å². The van der Waals surface area contributed by atoms with Crippen LogP contribution in [0.4, 0.5) is 0 Å². The minimum Gasteiger partial charge on any atom is -0.496 e. The average molecular weight is 265 g/mol. The lowest BCUT2D eigenvalue weighted by molar-refractivity contribution is 0.183. The molecule has 0 saturated heterocycles. The molecule has 2 rings (SSSR count). The fourth-order valence-electron chi connectivity index (χ4n) is 2.34. The van der Waals surface area contributed by atoms with E-state index in [1.807, 2.05) is 0 Å². The molecule has 2 N–H and O–H groups in total. The molecule has 2 unspecified atom stereocenters. The van der Waals surface area contributed by atoms with Crippen LogP contribution >= 0.6 is 0 Å². The van der Waals surface area contributed by atoms with Gasteiger partial charge in [-0.2, -0.15) is 0 Å². The largest absolute Gasteiger partial charge is 0.496 e. The molecule has 1 heterocycles. The lowest BCUT2D eigenvalue weighted by atomic mass is 10.1. The number of methoxy groups -OCH3 is 1. The molecule has 1 aromatic carbocycles. The lowest BCUT2D eigenvalue weighted by Crippen LogP contribution is -2.19. The Kier molecular flexibility index (Phi) is 4.66. The summed E-state index contributed by atoms with van der Waals surface area (Å²) in [6.07, 6.45) is 1.68. The van der Waals surface area contributed by atoms with Gasteiger partial charge in [0.15, 0.2) is 0 Å². The van der Waals surface area contributed by atoms with Crippen LogP contribution in [0.15, 0.2) is 12.1 Å². The normalized spacial score (nSPS) is 18.8. The van der Waals surface area contributed by atoms with Gasteiger partial charge in [0, 0.05) is 24.1 Å². The van der Waals surface area contributed by atoms with Crippen LogP contribution in [0.1, 0.15) is 31.4 Å². The maximum absolute atomic E-state index is 9.22. The van der Waals surface area contributed by atoms with Crippen molar-refractivity contribution in [2.45, 2.75) is 45.4 Å². The number of fused-ring (bicyclic) bond motifs is 1. The van der Waals surface area contributed by atoms with Gasteiger partial charge in [-0.3, -0.25) is 0 Å². The molecule has 2 atom stereocenters. The van der Waals surface area contributed by atoms with Crippen LogP contribution in [-0.2, 0) is 13.0 Å². The highest BCUT2D eigenvalue weighted by atomic mass is 16.5. The molecule has 1 aliphatic rings. The summed E-state index contributed by atoms with van der Waals surface area (Å²) >= 11 is 0. The number of aliphatic hydroxyl groups is 1. The Morgan fingerprint density at radius 1 is 1.53 bits per heavy atom. The van der Waals surface area contributed by atoms with Crippen LogP contribution in [0.3, 0.4) is 0 Å². The molecule has 4 nitrogen and oxygen atoms in total. The lowest BCUT2D eigenvalue weighted by Gasteiger charge is -2.12. The highest BCUT2D eigenvalue weighted by Gasteiger charge is 2.21. The van der Waals surface area contributed by atoms with Gasteiger partial charge < -0.3 is 19.9 Å². The van der Waals surface area contributed by atoms with Crippen LogP contribution in [0.5, 0.6) is 11.5 Å². The second-order valence-electron chi connectivity index (χ2n) is 5.22. The summed E-state index contributed by atoms with van der Waals surface area (Å²) in [6.45, 7) is 5.38. The van der Waals surface area contributed by atoms with Crippen molar-refractivity contribution in [1.29, 1.82) is 0 Å². The maximum atomic E-state index is 9.22. The molecule has 0 radical (unpaired) electrons. The highest BCUT2D eigenvalue weighted by Crippen LogP contribution is 2.34. The SMILES string of the molecule is COc1cc2c(cc1CNCCC(C)O)OC(C)C2. The molecular weight excluding hydrogens is 242 g/mol. The predicted octanol–water partition coefficient (Wildman–Crippen LogP) is 1.88. The van der Waals surface area contributed by atoms with E-state index >= 15 is 0 Å². The Hall–Kier alpha value is -1.26. The van der Waals surface area contributed by atoms with Gasteiger partial charge in [0.25, 0.3) is 0 Å². The quantitative estimate of drug-likeness (QED) is 0.771. The van der Waals surface area contributed by atoms with Gasteiger partial charge in [-0.15, -0.1) is 0 Å². The van der Waals surface area contributed by atoms with Gasteiger partial charge in [-0.05, 0) is 38.9 Å². The topological polar surface area (TPSA) is 50.7 Å². The van der Waals surface area contributed by atoms with Gasteiger partial charge in [-0.25, -0.2) is 0 Å². The Bertz CT molecular complexity index is 432. The van der Waals surface area contributed by atoms with Crippen LogP contribution in [-0.4, -0.2) is 31.0 Å². The van der Waals surface area contributed by atoms with Crippen molar-refractivity contribution < 1.29 is 14.6 Å². The molecule has 0 saturated carbocycles. The summed E-state index contributed by atoms with van der Waals surface area (Å²) in [5, 5.41) is 12.5. The number of aliphatic hydroxyl groups excluding tert-OH is 1. The van der Waals surface area contributed by atoms with Gasteiger partial charge in [0.2, 0.25) is 0 Å². The zero-order chi connectivity index (χ0) is 13.8. The molecule has 0 aromatic heterocycles. The average Bonchev–Trinajstić information content (AvgIpc) is 2.72. The molecule has 1 aliphatic heterocycles. The Morgan fingerprint density at radius 3 is 3.00 bits per heavy atom. The minimum atomic E-state index is -0.265. The van der Waals surface area contributed by atoms with E-state index in [9.17, 15) is 5.11 Å². The predicted molar refractivity (Wildman–Crippen MR) is 74.8 cm³/mol. The van der Waals surface area contributed by atoms with Crippen molar-refractivity contribution >= 4 is 0 Å². The molecule has 0 spiro atoms. The first-order valence-corrected chi connectivity index (χ1v) is 6.85. The van der Waals surface area contributed by atoms with E-state index in [1.165, 1.54) is 5.56 Å². The van der Waals surface area contributed by atoms with E-state index in [1.54, 1.807) is 14.0 Å². The van der Waals surface area contributed by atoms with E-state index < -0.39 is 0 Å². The molecule has 4 heteroatoms. The summed E-state index contributed by atoms with van der Waals surface area (Å²) in [4.78, 5) is 0. The van der Waals surface area contributed by atoms with Crippen LogP contribution in [0.2, 0.25) is 0 Å². The first-order valence-electron chi connectivity index (χ1n) is 6.85. The molecule has 0 bridgehead atoms. The van der Waals surface area contributed by atoms with Crippen molar-refractivity contribution in [3.8, 4) is 11.5 Å². The van der Waals surface area contributed by atoms with E-state index in [-0.39, 0.29) is 12.2 Å². The van der Waals surface area contributed by atoms with Crippen LogP contribution < -0.4 is 14.8 Å². The van der Waals surface area contributed by atoms with Crippen molar-refractivity contribution in [1.82, 2.24) is 5.32 Å². The number of nitrogens with one attached hydrogen (secondary N) is 1. The highest BCUT2D eigenvalue weighted by molar-refractivity contribution is 5.48. The summed E-state index contributed by atoms with van der Waals surface area (Å²) in [5.41, 5.74) is 2.32. The van der Waals surface area contributed by atoms with Crippen LogP contribution in [0.25, 0.3) is 0 Å². The maximum Gasteiger partial charge on any atom is 0.123 e. The summed E-state index contributed by atoms with van der Waals surface area (Å²) in [5.74, 6) is 1.88. The summed E-state index contributed by atoms with van der Waals surface area (Å²) in [6, 6.07) is 4.14. The smallest absolute Gasteiger partial charge is 0.123 e. The fraction of sp³-hybridized carbons (Fsp3) is 0.600. The molecular formula is C15H23NO3. The molecule has 0 fully saturated rings. The van der Waals surface area contributed by atoms with Gasteiger partial charge >= 0.3 is 0 Å². The zero-order valence-corrected chi connectivity index (χ0v) is 11.9. The zero-order valence-electron chi connectivity index (χ0n) is 11.9. The number of hydrogen-bond donors (Lipinski definition) is 2. The molecule has 106 valence electrons. The van der Waals surface area contributed by atoms with Gasteiger partial charge in [0.05, 0.1) is 13.2 Å². The van der Waals surface area contributed by atoms with Gasteiger partial charge in [-0.1, -0.05) is 0 Å². The molecule has 1 aromatic rings. The number of hydrogen-bond acceptors (Lipinski definition) is 4. The number of benzene rings is 1. The van der Waals surface area contributed by atoms with Gasteiger partial charge in [0.1, 0.15) is 17.6 Å². The monoisotopic (exact) mass is 265 g/mol. The third kappa shape index (κ3) is 3.61. The van der Waals surface area contributed by atoms with E-state index in [2.05, 4.69) is 24.4 Å². The summed E-state index contributed by atoms with van der Waals surface area (Å²) < 4.78 is 11.2. The second kappa shape index (κ2) is 6.26.